The molecule has 0 aliphatic heterocycles. The van der Waals surface area contributed by atoms with Crippen molar-refractivity contribution in [2.24, 2.45) is 0 Å². The molecule has 0 bridgehead atoms. The van der Waals surface area contributed by atoms with Crippen molar-refractivity contribution in [3.8, 4) is 5.75 Å². The van der Waals surface area contributed by atoms with Crippen LogP contribution in [0.5, 0.6) is 5.75 Å². The van der Waals surface area contributed by atoms with E-state index < -0.39 is 6.10 Å². The zero-order valence-corrected chi connectivity index (χ0v) is 10.5. The quantitative estimate of drug-likeness (QED) is 0.538. The molecule has 1 aromatic rings. The fourth-order valence-corrected chi connectivity index (χ4v) is 1.37. The third kappa shape index (κ3) is 4.89. The maximum Gasteiger partial charge on any atom is 0.347 e. The third-order valence-electron chi connectivity index (χ3n) is 2.40. The number of hydrogen-bond acceptors (Lipinski definition) is 3. The summed E-state index contributed by atoms with van der Waals surface area (Å²) in [6.45, 7) is 4.45. The first kappa shape index (κ1) is 13.6. The molecular weight excluding hydrogens is 216 g/mol. The molecule has 0 heterocycles. The normalized spacial score (nSPS) is 11.9. The highest BCUT2D eigenvalue weighted by Gasteiger charge is 2.19. The highest BCUT2D eigenvalue weighted by atomic mass is 16.6. The molecule has 0 amide bonds. The number of carbonyl (C=O) groups is 1. The van der Waals surface area contributed by atoms with Crippen LogP contribution in [0.15, 0.2) is 30.3 Å². The average Bonchev–Trinajstić information content (AvgIpc) is 2.37. The highest BCUT2D eigenvalue weighted by Crippen LogP contribution is 2.13. The third-order valence-corrected chi connectivity index (χ3v) is 2.40. The van der Waals surface area contributed by atoms with E-state index in [9.17, 15) is 4.79 Å². The van der Waals surface area contributed by atoms with Crippen LogP contribution in [0.25, 0.3) is 0 Å². The Morgan fingerprint density at radius 1 is 1.24 bits per heavy atom. The first-order chi connectivity index (χ1) is 8.27. The first-order valence-corrected chi connectivity index (χ1v) is 6.16. The van der Waals surface area contributed by atoms with Gasteiger partial charge in [0.1, 0.15) is 5.75 Å². The van der Waals surface area contributed by atoms with E-state index in [1.807, 2.05) is 37.3 Å². The standard InChI is InChI=1S/C14H20O3/c1-3-5-11-16-14(15)13(4-2)17-12-9-7-6-8-10-12/h6-10,13H,3-5,11H2,1-2H3. The lowest BCUT2D eigenvalue weighted by Crippen LogP contribution is -2.29. The van der Waals surface area contributed by atoms with Crippen LogP contribution >= 0.6 is 0 Å². The van der Waals surface area contributed by atoms with Crippen molar-refractivity contribution in [2.75, 3.05) is 6.61 Å². The van der Waals surface area contributed by atoms with Gasteiger partial charge in [0.15, 0.2) is 6.10 Å². The van der Waals surface area contributed by atoms with E-state index >= 15 is 0 Å². The summed E-state index contributed by atoms with van der Waals surface area (Å²) < 4.78 is 10.7. The van der Waals surface area contributed by atoms with Gasteiger partial charge in [-0.3, -0.25) is 0 Å². The second-order valence-electron chi connectivity index (χ2n) is 3.85. The van der Waals surface area contributed by atoms with Crippen molar-refractivity contribution in [2.45, 2.75) is 39.2 Å². The summed E-state index contributed by atoms with van der Waals surface area (Å²) in [5, 5.41) is 0. The molecule has 0 aromatic heterocycles. The number of carbonyl (C=O) groups excluding carboxylic acids is 1. The van der Waals surface area contributed by atoms with Gasteiger partial charge in [0.2, 0.25) is 0 Å². The summed E-state index contributed by atoms with van der Waals surface area (Å²) in [4.78, 5) is 11.7. The smallest absolute Gasteiger partial charge is 0.347 e. The summed E-state index contributed by atoms with van der Waals surface area (Å²) in [6.07, 6.45) is 2.02. The van der Waals surface area contributed by atoms with E-state index in [1.54, 1.807) is 0 Å². The molecule has 1 atom stereocenters. The van der Waals surface area contributed by atoms with Gasteiger partial charge in [-0.05, 0) is 25.0 Å². The van der Waals surface area contributed by atoms with Crippen molar-refractivity contribution < 1.29 is 14.3 Å². The van der Waals surface area contributed by atoms with Gasteiger partial charge < -0.3 is 9.47 Å². The molecule has 0 saturated heterocycles. The van der Waals surface area contributed by atoms with Crippen LogP contribution in [0.4, 0.5) is 0 Å². The predicted molar refractivity (Wildman–Crippen MR) is 67.0 cm³/mol. The molecule has 1 aromatic carbocycles. The molecule has 17 heavy (non-hydrogen) atoms. The molecule has 3 heteroatoms. The van der Waals surface area contributed by atoms with Crippen molar-refractivity contribution in [1.29, 1.82) is 0 Å². The minimum absolute atomic E-state index is 0.273. The minimum Gasteiger partial charge on any atom is -0.479 e. The topological polar surface area (TPSA) is 35.5 Å². The number of benzene rings is 1. The monoisotopic (exact) mass is 236 g/mol. The molecule has 0 fully saturated rings. The van der Waals surface area contributed by atoms with Gasteiger partial charge in [0.05, 0.1) is 6.61 Å². The van der Waals surface area contributed by atoms with Gasteiger partial charge in [0, 0.05) is 0 Å². The van der Waals surface area contributed by atoms with Gasteiger partial charge in [-0.25, -0.2) is 4.79 Å². The number of unbranched alkanes of at least 4 members (excludes halogenated alkanes) is 1. The van der Waals surface area contributed by atoms with Gasteiger partial charge >= 0.3 is 5.97 Å². The largest absolute Gasteiger partial charge is 0.479 e. The lowest BCUT2D eigenvalue weighted by molar-refractivity contribution is -0.152. The lowest BCUT2D eigenvalue weighted by atomic mass is 10.2. The molecule has 0 spiro atoms. The fraction of sp³-hybridized carbons (Fsp3) is 0.500. The van der Waals surface area contributed by atoms with Crippen molar-refractivity contribution in [3.63, 3.8) is 0 Å². The Morgan fingerprint density at radius 2 is 1.94 bits per heavy atom. The molecule has 94 valence electrons. The van der Waals surface area contributed by atoms with Gasteiger partial charge in [-0.1, -0.05) is 38.5 Å². The Labute approximate surface area is 103 Å². The molecule has 1 unspecified atom stereocenters. The molecule has 3 nitrogen and oxygen atoms in total. The molecular formula is C14H20O3. The van der Waals surface area contributed by atoms with Crippen LogP contribution < -0.4 is 4.74 Å². The SMILES string of the molecule is CCCCOC(=O)C(CC)Oc1ccccc1. The lowest BCUT2D eigenvalue weighted by Gasteiger charge is -2.16. The first-order valence-electron chi connectivity index (χ1n) is 6.16. The van der Waals surface area contributed by atoms with E-state index in [-0.39, 0.29) is 5.97 Å². The molecule has 0 saturated carbocycles. The zero-order valence-electron chi connectivity index (χ0n) is 10.5. The van der Waals surface area contributed by atoms with Crippen LogP contribution in [0.2, 0.25) is 0 Å². The van der Waals surface area contributed by atoms with Crippen molar-refractivity contribution >= 4 is 5.97 Å². The summed E-state index contributed by atoms with van der Waals surface area (Å²) in [5.74, 6) is 0.427. The Bertz CT molecular complexity index is 321. The Kier molecular flexibility index (Phi) is 6.15. The van der Waals surface area contributed by atoms with Gasteiger partial charge in [0.25, 0.3) is 0 Å². The maximum atomic E-state index is 11.7. The van der Waals surface area contributed by atoms with Gasteiger partial charge in [-0.15, -0.1) is 0 Å². The Balaban J connectivity index is 2.45. The number of hydrogen-bond donors (Lipinski definition) is 0. The number of ether oxygens (including phenoxy) is 2. The summed E-state index contributed by atoms with van der Waals surface area (Å²) in [5.41, 5.74) is 0. The second kappa shape index (κ2) is 7.71. The molecule has 0 N–H and O–H groups in total. The van der Waals surface area contributed by atoms with Crippen molar-refractivity contribution in [3.05, 3.63) is 30.3 Å². The minimum atomic E-state index is -0.505. The Hall–Kier alpha value is -1.51. The maximum absolute atomic E-state index is 11.7. The second-order valence-corrected chi connectivity index (χ2v) is 3.85. The van der Waals surface area contributed by atoms with E-state index in [4.69, 9.17) is 9.47 Å². The highest BCUT2D eigenvalue weighted by molar-refractivity contribution is 5.75. The fourth-order valence-electron chi connectivity index (χ4n) is 1.37. The van der Waals surface area contributed by atoms with Crippen LogP contribution in [0.3, 0.4) is 0 Å². The van der Waals surface area contributed by atoms with E-state index in [2.05, 4.69) is 6.92 Å². The molecule has 0 radical (unpaired) electrons. The number of esters is 1. The van der Waals surface area contributed by atoms with E-state index in [0.717, 1.165) is 12.8 Å². The predicted octanol–water partition coefficient (Wildman–Crippen LogP) is 3.19. The molecule has 1 rings (SSSR count). The molecule has 0 aliphatic rings. The average molecular weight is 236 g/mol. The van der Waals surface area contributed by atoms with Crippen LogP contribution in [0.1, 0.15) is 33.1 Å². The summed E-state index contributed by atoms with van der Waals surface area (Å²) >= 11 is 0. The summed E-state index contributed by atoms with van der Waals surface area (Å²) in [7, 11) is 0. The van der Waals surface area contributed by atoms with Crippen molar-refractivity contribution in [1.82, 2.24) is 0 Å². The van der Waals surface area contributed by atoms with Crippen LogP contribution in [0, 0.1) is 0 Å². The van der Waals surface area contributed by atoms with E-state index in [1.165, 1.54) is 0 Å². The van der Waals surface area contributed by atoms with Crippen LogP contribution in [-0.4, -0.2) is 18.7 Å². The van der Waals surface area contributed by atoms with Crippen LogP contribution in [-0.2, 0) is 9.53 Å². The number of para-hydroxylation sites is 1. The summed E-state index contributed by atoms with van der Waals surface area (Å²) in [6, 6.07) is 9.34. The van der Waals surface area contributed by atoms with E-state index in [0.29, 0.717) is 18.8 Å². The number of rotatable bonds is 7. The van der Waals surface area contributed by atoms with Gasteiger partial charge in [-0.2, -0.15) is 0 Å². The zero-order chi connectivity index (χ0) is 12.5. The Morgan fingerprint density at radius 3 is 2.53 bits per heavy atom. The molecule has 0 aliphatic carbocycles.